The molecular weight excluding hydrogens is 488 g/mol. The summed E-state index contributed by atoms with van der Waals surface area (Å²) < 4.78 is 16.9. The molecule has 8 nitrogen and oxygen atoms in total. The third-order valence-corrected chi connectivity index (χ3v) is 11.1. The third kappa shape index (κ3) is 3.32. The van der Waals surface area contributed by atoms with Crippen molar-refractivity contribution in [3.05, 3.63) is 35.8 Å². The van der Waals surface area contributed by atoms with Gasteiger partial charge in [0, 0.05) is 53.8 Å². The van der Waals surface area contributed by atoms with Crippen molar-refractivity contribution in [2.75, 3.05) is 0 Å². The zero-order valence-corrected chi connectivity index (χ0v) is 23.3. The van der Waals surface area contributed by atoms with Crippen molar-refractivity contribution in [1.29, 1.82) is 0 Å². The number of ether oxygens (including phenoxy) is 2. The summed E-state index contributed by atoms with van der Waals surface area (Å²) >= 11 is 0. The number of furan rings is 1. The Hall–Kier alpha value is -2.45. The number of esters is 2. The minimum atomic E-state index is -1.09. The molecule has 0 saturated heterocycles. The fourth-order valence-electron chi connectivity index (χ4n) is 9.38. The molecule has 1 heterocycles. The van der Waals surface area contributed by atoms with Crippen LogP contribution in [0.3, 0.4) is 0 Å². The Labute approximate surface area is 223 Å². The molecule has 208 valence electrons. The molecule has 8 heteroatoms. The largest absolute Gasteiger partial charge is 0.472 e. The molecule has 38 heavy (non-hydrogen) atoms. The quantitative estimate of drug-likeness (QED) is 0.447. The van der Waals surface area contributed by atoms with Gasteiger partial charge in [-0.3, -0.25) is 14.4 Å². The lowest BCUT2D eigenvalue weighted by Crippen LogP contribution is -2.74. The van der Waals surface area contributed by atoms with Crippen LogP contribution in [0, 0.1) is 33.5 Å². The number of carbonyl (C=O) groups excluding carboxylic acids is 3. The number of hydrogen-bond acceptors (Lipinski definition) is 8. The van der Waals surface area contributed by atoms with E-state index < -0.39 is 63.9 Å². The highest BCUT2D eigenvalue weighted by Gasteiger charge is 2.75. The zero-order valence-electron chi connectivity index (χ0n) is 23.3. The Morgan fingerprint density at radius 2 is 1.63 bits per heavy atom. The van der Waals surface area contributed by atoms with Gasteiger partial charge >= 0.3 is 11.9 Å². The smallest absolute Gasteiger partial charge is 0.303 e. The summed E-state index contributed by atoms with van der Waals surface area (Å²) in [5.74, 6) is -2.59. The third-order valence-electron chi connectivity index (χ3n) is 11.1. The number of Topliss-reactive ketones (excluding diaryl/α,β-unsaturated/α-hetero) is 1. The van der Waals surface area contributed by atoms with Crippen LogP contribution in [-0.2, 0) is 23.9 Å². The van der Waals surface area contributed by atoms with Gasteiger partial charge in [-0.25, -0.2) is 0 Å². The fourth-order valence-corrected chi connectivity index (χ4v) is 9.38. The summed E-state index contributed by atoms with van der Waals surface area (Å²) in [4.78, 5) is 39.1. The first-order valence-corrected chi connectivity index (χ1v) is 13.6. The Morgan fingerprint density at radius 1 is 0.974 bits per heavy atom. The lowest BCUT2D eigenvalue weighted by Gasteiger charge is -2.69. The lowest BCUT2D eigenvalue weighted by molar-refractivity contribution is -0.253. The van der Waals surface area contributed by atoms with Crippen LogP contribution in [0.2, 0.25) is 0 Å². The number of carbonyl (C=O) groups is 3. The summed E-state index contributed by atoms with van der Waals surface area (Å²) in [6.07, 6.45) is 2.95. The van der Waals surface area contributed by atoms with E-state index >= 15 is 0 Å². The molecule has 4 aliphatic carbocycles. The zero-order chi connectivity index (χ0) is 28.0. The van der Waals surface area contributed by atoms with E-state index in [2.05, 4.69) is 6.08 Å². The van der Waals surface area contributed by atoms with E-state index in [1.165, 1.54) is 13.8 Å². The highest BCUT2D eigenvalue weighted by molar-refractivity contribution is 5.93. The van der Waals surface area contributed by atoms with E-state index in [1.807, 2.05) is 40.7 Å². The first-order chi connectivity index (χ1) is 17.6. The molecule has 10 atom stereocenters. The minimum absolute atomic E-state index is 0.180. The van der Waals surface area contributed by atoms with Crippen LogP contribution in [0.1, 0.15) is 79.2 Å². The van der Waals surface area contributed by atoms with E-state index in [0.717, 1.165) is 11.1 Å². The molecule has 0 aromatic carbocycles. The van der Waals surface area contributed by atoms with E-state index in [-0.39, 0.29) is 24.0 Å². The molecule has 4 aliphatic rings. The van der Waals surface area contributed by atoms with Crippen LogP contribution in [0.15, 0.2) is 34.7 Å². The second kappa shape index (κ2) is 8.52. The van der Waals surface area contributed by atoms with Crippen LogP contribution in [-0.4, -0.2) is 52.4 Å². The molecular formula is C30H40O8. The van der Waals surface area contributed by atoms with Crippen molar-refractivity contribution in [2.24, 2.45) is 33.5 Å². The SMILES string of the molecule is CC(=O)O[C@@H]1C[C@H](O)[C@@]2(C)C(C[C@@H](O)[C@@]3(C)C4=CC[C@@H](c5ccoc5)[C@]4(C)[C@@H](OC(C)=O)C(=O)C23)C1(C)C. The van der Waals surface area contributed by atoms with Crippen LogP contribution in [0.5, 0.6) is 0 Å². The molecule has 0 amide bonds. The van der Waals surface area contributed by atoms with E-state index in [0.29, 0.717) is 12.8 Å². The average Bonchev–Trinajstić information content (AvgIpc) is 3.45. The normalized spacial score (nSPS) is 45.3. The van der Waals surface area contributed by atoms with Gasteiger partial charge in [-0.1, -0.05) is 46.3 Å². The standard InChI is InChI=1S/C30H40O8/c1-15(31)37-23-13-22(34)30(7)20(27(23,3)4)12-21(33)29(6)19-9-8-18(17-10-11-36-14-17)28(19,5)26(38-16(2)32)24(35)25(29)30/h9-11,14,18,20-23,25-26,33-34H,8,12-13H2,1-7H3/t18-,20?,21+,22-,23+,25?,26-,28-,29+,30+/m0/s1. The summed E-state index contributed by atoms with van der Waals surface area (Å²) in [5, 5.41) is 23.7. The first kappa shape index (κ1) is 27.1. The maximum Gasteiger partial charge on any atom is 0.303 e. The Bertz CT molecular complexity index is 1180. The van der Waals surface area contributed by atoms with Gasteiger partial charge in [0.2, 0.25) is 0 Å². The van der Waals surface area contributed by atoms with Crippen molar-refractivity contribution in [3.8, 4) is 0 Å². The number of rotatable bonds is 3. The number of aliphatic hydroxyl groups excluding tert-OH is 2. The second-order valence-electron chi connectivity index (χ2n) is 13.2. The molecule has 1 aromatic heterocycles. The van der Waals surface area contributed by atoms with Gasteiger partial charge in [0.25, 0.3) is 0 Å². The predicted molar refractivity (Wildman–Crippen MR) is 137 cm³/mol. The van der Waals surface area contributed by atoms with Gasteiger partial charge in [-0.05, 0) is 30.4 Å². The fraction of sp³-hybridized carbons (Fsp3) is 0.700. The molecule has 0 radical (unpaired) electrons. The topological polar surface area (TPSA) is 123 Å². The lowest BCUT2D eigenvalue weighted by atomic mass is 9.36. The molecule has 5 rings (SSSR count). The number of hydrogen-bond donors (Lipinski definition) is 2. The molecule has 2 unspecified atom stereocenters. The number of aliphatic hydroxyl groups is 2. The predicted octanol–water partition coefficient (Wildman–Crippen LogP) is 3.95. The monoisotopic (exact) mass is 528 g/mol. The molecule has 2 N–H and O–H groups in total. The van der Waals surface area contributed by atoms with Crippen LogP contribution >= 0.6 is 0 Å². The van der Waals surface area contributed by atoms with E-state index in [9.17, 15) is 24.6 Å². The van der Waals surface area contributed by atoms with Gasteiger partial charge in [-0.15, -0.1) is 0 Å². The van der Waals surface area contributed by atoms with Gasteiger partial charge in [0.1, 0.15) is 6.10 Å². The summed E-state index contributed by atoms with van der Waals surface area (Å²) in [5.41, 5.74) is -1.66. The molecule has 0 bridgehead atoms. The van der Waals surface area contributed by atoms with Crippen molar-refractivity contribution in [3.63, 3.8) is 0 Å². The molecule has 3 saturated carbocycles. The summed E-state index contributed by atoms with van der Waals surface area (Å²) in [6, 6.07) is 1.87. The van der Waals surface area contributed by atoms with E-state index in [4.69, 9.17) is 13.9 Å². The van der Waals surface area contributed by atoms with Gasteiger partial charge < -0.3 is 24.1 Å². The number of ketones is 1. The van der Waals surface area contributed by atoms with Crippen molar-refractivity contribution in [1.82, 2.24) is 0 Å². The Kier molecular flexibility index (Phi) is 6.08. The summed E-state index contributed by atoms with van der Waals surface area (Å²) in [7, 11) is 0. The van der Waals surface area contributed by atoms with Gasteiger partial charge in [0.05, 0.1) is 24.7 Å². The summed E-state index contributed by atoms with van der Waals surface area (Å²) in [6.45, 7) is 12.4. The number of fused-ring (bicyclic) bond motifs is 5. The van der Waals surface area contributed by atoms with Crippen LogP contribution in [0.25, 0.3) is 0 Å². The molecule has 0 spiro atoms. The Morgan fingerprint density at radius 3 is 2.21 bits per heavy atom. The van der Waals surface area contributed by atoms with Crippen molar-refractivity contribution >= 4 is 17.7 Å². The van der Waals surface area contributed by atoms with Crippen LogP contribution in [0.4, 0.5) is 0 Å². The average molecular weight is 529 g/mol. The van der Waals surface area contributed by atoms with Crippen molar-refractivity contribution < 1.29 is 38.5 Å². The second-order valence-corrected chi connectivity index (χ2v) is 13.2. The maximum atomic E-state index is 14.7. The molecule has 1 aromatic rings. The van der Waals surface area contributed by atoms with E-state index in [1.54, 1.807) is 12.5 Å². The maximum absolute atomic E-state index is 14.7. The number of allylic oxidation sites excluding steroid dienone is 1. The van der Waals surface area contributed by atoms with Crippen molar-refractivity contribution in [2.45, 2.75) is 98.1 Å². The minimum Gasteiger partial charge on any atom is -0.472 e. The molecule has 0 aliphatic heterocycles. The first-order valence-electron chi connectivity index (χ1n) is 13.6. The van der Waals surface area contributed by atoms with Gasteiger partial charge in [0.15, 0.2) is 11.9 Å². The molecule has 3 fully saturated rings. The van der Waals surface area contributed by atoms with Crippen LogP contribution < -0.4 is 0 Å². The highest BCUT2D eigenvalue weighted by Crippen LogP contribution is 2.73. The highest BCUT2D eigenvalue weighted by atomic mass is 16.6. The Balaban J connectivity index is 1.69. The van der Waals surface area contributed by atoms with Gasteiger partial charge in [-0.2, -0.15) is 0 Å².